The molecule has 1 aliphatic rings. The predicted molar refractivity (Wildman–Crippen MR) is 161 cm³/mol. The molecule has 0 fully saturated rings. The van der Waals surface area contributed by atoms with Crippen molar-refractivity contribution in [2.45, 2.75) is 52.0 Å². The van der Waals surface area contributed by atoms with Crippen LogP contribution in [0.5, 0.6) is 0 Å². The van der Waals surface area contributed by atoms with Crippen molar-refractivity contribution in [2.24, 2.45) is 0 Å². The monoisotopic (exact) mass is 518 g/mol. The van der Waals surface area contributed by atoms with E-state index in [9.17, 15) is 0 Å². The normalized spacial score (nSPS) is 16.8. The molecule has 0 radical (unpaired) electrons. The highest BCUT2D eigenvalue weighted by Gasteiger charge is 2.14. The van der Waals surface area contributed by atoms with E-state index in [-0.39, 0.29) is 0 Å². The van der Waals surface area contributed by atoms with E-state index < -0.39 is 0 Å². The third kappa shape index (κ3) is 9.14. The van der Waals surface area contributed by atoms with Crippen molar-refractivity contribution in [2.75, 3.05) is 26.2 Å². The van der Waals surface area contributed by atoms with Gasteiger partial charge in [-0.2, -0.15) is 0 Å². The molecule has 1 aromatic heterocycles. The van der Waals surface area contributed by atoms with Gasteiger partial charge in [0, 0.05) is 39.3 Å². The van der Waals surface area contributed by atoms with E-state index in [0.29, 0.717) is 0 Å². The van der Waals surface area contributed by atoms with Gasteiger partial charge in [0.1, 0.15) is 0 Å². The fraction of sp³-hybridized carbons (Fsp3) is 0.343. The Morgan fingerprint density at radius 1 is 0.410 bits per heavy atom. The van der Waals surface area contributed by atoms with E-state index in [2.05, 4.69) is 124 Å². The van der Waals surface area contributed by atoms with Gasteiger partial charge in [0.05, 0.1) is 11.4 Å². The smallest absolute Gasteiger partial charge is 0.0548 e. The predicted octanol–water partition coefficient (Wildman–Crippen LogP) is 6.77. The molecule has 2 heterocycles. The molecule has 0 atom stereocenters. The third-order valence-electron chi connectivity index (χ3n) is 7.53. The van der Waals surface area contributed by atoms with Gasteiger partial charge in [-0.05, 0) is 67.7 Å². The summed E-state index contributed by atoms with van der Waals surface area (Å²) in [6.45, 7) is 9.09. The second-order valence-electron chi connectivity index (χ2n) is 10.8. The first-order chi connectivity index (χ1) is 19.3. The molecule has 2 bridgehead atoms. The summed E-state index contributed by atoms with van der Waals surface area (Å²) >= 11 is 0. The Morgan fingerprint density at radius 2 is 0.795 bits per heavy atom. The minimum Gasteiger partial charge on any atom is -0.299 e. The fourth-order valence-corrected chi connectivity index (χ4v) is 5.58. The summed E-state index contributed by atoms with van der Waals surface area (Å²) in [6, 6.07) is 39.3. The maximum Gasteiger partial charge on any atom is 0.0548 e. The number of benzene rings is 3. The van der Waals surface area contributed by atoms with Crippen molar-refractivity contribution in [3.05, 3.63) is 137 Å². The lowest BCUT2D eigenvalue weighted by molar-refractivity contribution is 0.204. The van der Waals surface area contributed by atoms with Crippen LogP contribution >= 0.6 is 0 Å². The van der Waals surface area contributed by atoms with Gasteiger partial charge in [-0.15, -0.1) is 0 Å². The molecule has 0 saturated carbocycles. The SMILES string of the molecule is c1ccc(CN2CCCCN(Cc3ccccc3)Cc3cccc(n3)CN(Cc3ccccc3)CCC2)cc1. The summed E-state index contributed by atoms with van der Waals surface area (Å²) in [5.41, 5.74) is 6.47. The number of hydrogen-bond acceptors (Lipinski definition) is 4. The van der Waals surface area contributed by atoms with Gasteiger partial charge >= 0.3 is 0 Å². The van der Waals surface area contributed by atoms with E-state index in [1.165, 1.54) is 40.9 Å². The van der Waals surface area contributed by atoms with Crippen LogP contribution in [0.25, 0.3) is 0 Å². The minimum atomic E-state index is 0.875. The van der Waals surface area contributed by atoms with Crippen LogP contribution in [0.2, 0.25) is 0 Å². The highest BCUT2D eigenvalue weighted by Crippen LogP contribution is 2.15. The van der Waals surface area contributed by atoms with Gasteiger partial charge in [-0.25, -0.2) is 0 Å². The van der Waals surface area contributed by atoms with E-state index in [4.69, 9.17) is 4.98 Å². The largest absolute Gasteiger partial charge is 0.299 e. The molecule has 39 heavy (non-hydrogen) atoms. The van der Waals surface area contributed by atoms with Gasteiger partial charge in [0.15, 0.2) is 0 Å². The van der Waals surface area contributed by atoms with Gasteiger partial charge in [0.25, 0.3) is 0 Å². The lowest BCUT2D eigenvalue weighted by Gasteiger charge is -2.26. The molecule has 5 rings (SSSR count). The van der Waals surface area contributed by atoms with Gasteiger partial charge < -0.3 is 0 Å². The lowest BCUT2D eigenvalue weighted by atomic mass is 10.1. The number of hydrogen-bond donors (Lipinski definition) is 0. The molecule has 0 unspecified atom stereocenters. The van der Waals surface area contributed by atoms with Crippen LogP contribution in [0.1, 0.15) is 47.3 Å². The second kappa shape index (κ2) is 14.7. The van der Waals surface area contributed by atoms with E-state index in [0.717, 1.165) is 65.3 Å². The molecule has 4 heteroatoms. The number of nitrogens with zero attached hydrogens (tertiary/aromatic N) is 4. The summed E-state index contributed by atoms with van der Waals surface area (Å²) in [6.07, 6.45) is 3.55. The van der Waals surface area contributed by atoms with Crippen LogP contribution in [0.15, 0.2) is 109 Å². The summed E-state index contributed by atoms with van der Waals surface area (Å²) in [5.74, 6) is 0. The van der Waals surface area contributed by atoms with Crippen molar-refractivity contribution in [1.82, 2.24) is 19.7 Å². The van der Waals surface area contributed by atoms with Crippen LogP contribution in [0, 0.1) is 0 Å². The first-order valence-corrected chi connectivity index (χ1v) is 14.5. The van der Waals surface area contributed by atoms with Crippen LogP contribution < -0.4 is 0 Å². The van der Waals surface area contributed by atoms with Crippen molar-refractivity contribution in [3.8, 4) is 0 Å². The molecular weight excluding hydrogens is 476 g/mol. The summed E-state index contributed by atoms with van der Waals surface area (Å²) in [4.78, 5) is 13.0. The number of aromatic nitrogens is 1. The Kier molecular flexibility index (Phi) is 10.3. The van der Waals surface area contributed by atoms with Gasteiger partial charge in [-0.3, -0.25) is 19.7 Å². The molecule has 4 aromatic rings. The minimum absolute atomic E-state index is 0.875. The highest BCUT2D eigenvalue weighted by molar-refractivity contribution is 5.17. The molecule has 0 aliphatic carbocycles. The van der Waals surface area contributed by atoms with Crippen molar-refractivity contribution in [1.29, 1.82) is 0 Å². The van der Waals surface area contributed by atoms with E-state index in [1.807, 2.05) is 0 Å². The first kappa shape index (κ1) is 27.3. The molecule has 0 amide bonds. The molecule has 202 valence electrons. The standard InChI is InChI=1S/C35H42N4/c1-4-14-31(15-5-1)26-37-22-10-11-23-38(27-32-16-6-2-7-17-32)29-34-20-12-21-35(36-34)30-39(25-13-24-37)28-33-18-8-3-9-19-33/h1-9,12,14-21H,10-11,13,22-30H2. The molecule has 3 aromatic carbocycles. The molecule has 0 spiro atoms. The Labute approximate surface area is 234 Å². The summed E-state index contributed by atoms with van der Waals surface area (Å²) < 4.78 is 0. The Balaban J connectivity index is 1.35. The van der Waals surface area contributed by atoms with Crippen LogP contribution in [-0.4, -0.2) is 45.9 Å². The van der Waals surface area contributed by atoms with Crippen molar-refractivity contribution >= 4 is 0 Å². The fourth-order valence-electron chi connectivity index (χ4n) is 5.58. The average Bonchev–Trinajstić information content (AvgIpc) is 2.97. The highest BCUT2D eigenvalue weighted by atomic mass is 15.2. The second-order valence-corrected chi connectivity index (χ2v) is 10.8. The molecule has 0 N–H and O–H groups in total. The van der Waals surface area contributed by atoms with Crippen LogP contribution in [0.4, 0.5) is 0 Å². The summed E-state index contributed by atoms with van der Waals surface area (Å²) in [7, 11) is 0. The Hall–Kier alpha value is -3.31. The number of rotatable bonds is 6. The lowest BCUT2D eigenvalue weighted by Crippen LogP contribution is -2.30. The maximum absolute atomic E-state index is 5.14. The zero-order chi connectivity index (χ0) is 26.5. The van der Waals surface area contributed by atoms with E-state index in [1.54, 1.807) is 0 Å². The first-order valence-electron chi connectivity index (χ1n) is 14.5. The summed E-state index contributed by atoms with van der Waals surface area (Å²) in [5, 5.41) is 0. The van der Waals surface area contributed by atoms with E-state index >= 15 is 0 Å². The molecule has 4 nitrogen and oxygen atoms in total. The molecule has 0 saturated heterocycles. The Morgan fingerprint density at radius 3 is 1.28 bits per heavy atom. The zero-order valence-electron chi connectivity index (χ0n) is 23.2. The molecule has 1 aliphatic heterocycles. The number of fused-ring (bicyclic) bond motifs is 2. The topological polar surface area (TPSA) is 22.6 Å². The van der Waals surface area contributed by atoms with Crippen LogP contribution in [-0.2, 0) is 32.7 Å². The quantitative estimate of drug-likeness (QED) is 0.281. The number of pyridine rings is 1. The van der Waals surface area contributed by atoms with Crippen LogP contribution in [0.3, 0.4) is 0 Å². The Bertz CT molecular complexity index is 1230. The van der Waals surface area contributed by atoms with Crippen molar-refractivity contribution < 1.29 is 0 Å². The molecular formula is C35H42N4. The maximum atomic E-state index is 5.14. The average molecular weight is 519 g/mol. The third-order valence-corrected chi connectivity index (χ3v) is 7.53. The zero-order valence-corrected chi connectivity index (χ0v) is 23.2. The van der Waals surface area contributed by atoms with Crippen molar-refractivity contribution in [3.63, 3.8) is 0 Å². The van der Waals surface area contributed by atoms with Gasteiger partial charge in [-0.1, -0.05) is 97.1 Å². The van der Waals surface area contributed by atoms with Gasteiger partial charge in [0.2, 0.25) is 0 Å².